The number of nitrogens with zero attached hydrogens (tertiary/aromatic N) is 5. The predicted octanol–water partition coefficient (Wildman–Crippen LogP) is 1.17. The van der Waals surface area contributed by atoms with Crippen molar-refractivity contribution in [1.82, 2.24) is 25.0 Å². The summed E-state index contributed by atoms with van der Waals surface area (Å²) in [7, 11) is 0. The van der Waals surface area contributed by atoms with Gasteiger partial charge in [0.1, 0.15) is 0 Å². The van der Waals surface area contributed by atoms with Gasteiger partial charge in [-0.15, -0.1) is 5.10 Å². The molecule has 0 amide bonds. The molecule has 0 aromatic carbocycles. The number of hydrogen-bond donors (Lipinski definition) is 1. The van der Waals surface area contributed by atoms with Crippen molar-refractivity contribution in [1.29, 1.82) is 0 Å². The Hall–Kier alpha value is -1.25. The fourth-order valence-electron chi connectivity index (χ4n) is 1.20. The first-order chi connectivity index (χ1) is 7.84. The second-order valence-corrected chi connectivity index (χ2v) is 4.42. The molecule has 0 atom stereocenters. The molecule has 0 aliphatic heterocycles. The summed E-state index contributed by atoms with van der Waals surface area (Å²) in [6, 6.07) is 0. The number of nitrogens with one attached hydrogen (secondary N) is 1. The number of halogens is 1. The third-order valence-corrected chi connectivity index (χ3v) is 2.50. The van der Waals surface area contributed by atoms with Crippen LogP contribution < -0.4 is 5.32 Å². The fourth-order valence-corrected chi connectivity index (χ4v) is 1.48. The highest BCUT2D eigenvalue weighted by molar-refractivity contribution is 14.1. The molecule has 0 saturated carbocycles. The lowest BCUT2D eigenvalue weighted by molar-refractivity contribution is 0.569. The Balaban J connectivity index is 1.70. The average Bonchev–Trinajstić information content (AvgIpc) is 2.80. The minimum atomic E-state index is 0.666. The van der Waals surface area contributed by atoms with Crippen molar-refractivity contribution in [3.05, 3.63) is 28.4 Å². The highest BCUT2D eigenvalue weighted by atomic mass is 127. The Morgan fingerprint density at radius 2 is 2.12 bits per heavy atom. The second-order valence-electron chi connectivity index (χ2n) is 3.17. The van der Waals surface area contributed by atoms with E-state index in [9.17, 15) is 0 Å². The Labute approximate surface area is 107 Å². The summed E-state index contributed by atoms with van der Waals surface area (Å²) in [5.41, 5.74) is 0. The molecule has 2 rings (SSSR count). The molecule has 0 bridgehead atoms. The van der Waals surface area contributed by atoms with Gasteiger partial charge in [0.2, 0.25) is 5.95 Å². The predicted molar refractivity (Wildman–Crippen MR) is 67.9 cm³/mol. The molecular weight excluding hydrogens is 319 g/mol. The molecule has 0 spiro atoms. The van der Waals surface area contributed by atoms with E-state index >= 15 is 0 Å². The smallest absolute Gasteiger partial charge is 0.222 e. The van der Waals surface area contributed by atoms with Crippen LogP contribution in [0.25, 0.3) is 0 Å². The minimum Gasteiger partial charge on any atom is -0.354 e. The van der Waals surface area contributed by atoms with Gasteiger partial charge in [0.05, 0.1) is 6.20 Å². The first-order valence-corrected chi connectivity index (χ1v) is 5.98. The van der Waals surface area contributed by atoms with Crippen LogP contribution in [0, 0.1) is 3.57 Å². The number of anilines is 1. The second kappa shape index (κ2) is 5.73. The largest absolute Gasteiger partial charge is 0.354 e. The first kappa shape index (κ1) is 11.2. The standard InChI is InChI=1S/C9H11IN6/c10-8-6-12-9(13-7-8)11-2-1-4-16-5-3-14-15-16/h3,5-7H,1-2,4H2,(H,11,12,13). The highest BCUT2D eigenvalue weighted by Crippen LogP contribution is 2.02. The van der Waals surface area contributed by atoms with Gasteiger partial charge in [-0.2, -0.15) is 0 Å². The van der Waals surface area contributed by atoms with E-state index in [0.717, 1.165) is 23.1 Å². The molecule has 1 N–H and O–H groups in total. The third kappa shape index (κ3) is 3.40. The van der Waals surface area contributed by atoms with Gasteiger partial charge in [-0.25, -0.2) is 9.97 Å². The zero-order chi connectivity index (χ0) is 11.2. The Morgan fingerprint density at radius 1 is 1.31 bits per heavy atom. The summed E-state index contributed by atoms with van der Waals surface area (Å²) < 4.78 is 2.84. The summed E-state index contributed by atoms with van der Waals surface area (Å²) in [6.07, 6.45) is 8.05. The van der Waals surface area contributed by atoms with E-state index in [0.29, 0.717) is 5.95 Å². The molecule has 0 aliphatic rings. The van der Waals surface area contributed by atoms with Crippen LogP contribution in [0.2, 0.25) is 0 Å². The van der Waals surface area contributed by atoms with Crippen LogP contribution in [-0.2, 0) is 6.54 Å². The molecule has 2 aromatic heterocycles. The maximum absolute atomic E-state index is 4.15. The van der Waals surface area contributed by atoms with E-state index < -0.39 is 0 Å². The van der Waals surface area contributed by atoms with E-state index in [4.69, 9.17) is 0 Å². The van der Waals surface area contributed by atoms with Crippen molar-refractivity contribution in [3.8, 4) is 0 Å². The van der Waals surface area contributed by atoms with Crippen LogP contribution in [0.5, 0.6) is 0 Å². The fraction of sp³-hybridized carbons (Fsp3) is 0.333. The molecule has 2 heterocycles. The van der Waals surface area contributed by atoms with Crippen molar-refractivity contribution >= 4 is 28.5 Å². The van der Waals surface area contributed by atoms with Crippen molar-refractivity contribution in [2.45, 2.75) is 13.0 Å². The summed E-state index contributed by atoms with van der Waals surface area (Å²) >= 11 is 2.18. The number of hydrogen-bond acceptors (Lipinski definition) is 5. The number of aromatic nitrogens is 5. The van der Waals surface area contributed by atoms with Gasteiger partial charge in [0.15, 0.2) is 0 Å². The van der Waals surface area contributed by atoms with Crippen molar-refractivity contribution < 1.29 is 0 Å². The molecule has 0 radical (unpaired) electrons. The SMILES string of the molecule is Ic1cnc(NCCCn2ccnn2)nc1. The van der Waals surface area contributed by atoms with Crippen molar-refractivity contribution in [2.24, 2.45) is 0 Å². The Bertz CT molecular complexity index is 412. The van der Waals surface area contributed by atoms with Crippen LogP contribution in [0.4, 0.5) is 5.95 Å². The molecule has 84 valence electrons. The molecule has 2 aromatic rings. The van der Waals surface area contributed by atoms with E-state index in [1.807, 2.05) is 6.20 Å². The molecule has 7 heteroatoms. The third-order valence-electron chi connectivity index (χ3n) is 1.94. The van der Waals surface area contributed by atoms with Crippen molar-refractivity contribution in [2.75, 3.05) is 11.9 Å². The maximum Gasteiger partial charge on any atom is 0.222 e. The van der Waals surface area contributed by atoms with Crippen LogP contribution in [0.1, 0.15) is 6.42 Å². The summed E-state index contributed by atoms with van der Waals surface area (Å²) in [5, 5.41) is 10.8. The van der Waals surface area contributed by atoms with Gasteiger partial charge >= 0.3 is 0 Å². The van der Waals surface area contributed by atoms with Crippen LogP contribution in [-0.4, -0.2) is 31.5 Å². The van der Waals surface area contributed by atoms with Gasteiger partial charge in [0.25, 0.3) is 0 Å². The lowest BCUT2D eigenvalue weighted by Crippen LogP contribution is -2.09. The summed E-state index contributed by atoms with van der Waals surface area (Å²) in [4.78, 5) is 8.30. The van der Waals surface area contributed by atoms with E-state index in [1.165, 1.54) is 0 Å². The van der Waals surface area contributed by atoms with Gasteiger partial charge in [-0.05, 0) is 29.0 Å². The summed E-state index contributed by atoms with van der Waals surface area (Å²) in [5.74, 6) is 0.666. The molecule has 0 aliphatic carbocycles. The molecular formula is C9H11IN6. The molecule has 6 nitrogen and oxygen atoms in total. The topological polar surface area (TPSA) is 68.5 Å². The molecule has 0 fully saturated rings. The molecule has 0 saturated heterocycles. The zero-order valence-electron chi connectivity index (χ0n) is 8.54. The lowest BCUT2D eigenvalue weighted by atomic mass is 10.4. The molecule has 16 heavy (non-hydrogen) atoms. The van der Waals surface area contributed by atoms with E-state index in [2.05, 4.69) is 48.2 Å². The van der Waals surface area contributed by atoms with Gasteiger partial charge in [-0.3, -0.25) is 4.68 Å². The van der Waals surface area contributed by atoms with Crippen LogP contribution in [0.15, 0.2) is 24.8 Å². The molecule has 0 unspecified atom stereocenters. The van der Waals surface area contributed by atoms with Crippen LogP contribution >= 0.6 is 22.6 Å². The Morgan fingerprint density at radius 3 is 2.81 bits per heavy atom. The number of aryl methyl sites for hydroxylation is 1. The average molecular weight is 330 g/mol. The van der Waals surface area contributed by atoms with Crippen molar-refractivity contribution in [3.63, 3.8) is 0 Å². The normalized spacial score (nSPS) is 10.3. The van der Waals surface area contributed by atoms with Gasteiger partial charge in [-0.1, -0.05) is 5.21 Å². The van der Waals surface area contributed by atoms with Gasteiger partial charge < -0.3 is 5.32 Å². The number of rotatable bonds is 5. The van der Waals surface area contributed by atoms with E-state index in [1.54, 1.807) is 23.3 Å². The van der Waals surface area contributed by atoms with Gasteiger partial charge in [0, 0.05) is 35.3 Å². The first-order valence-electron chi connectivity index (χ1n) is 4.90. The summed E-state index contributed by atoms with van der Waals surface area (Å²) in [6.45, 7) is 1.66. The lowest BCUT2D eigenvalue weighted by Gasteiger charge is -2.03. The highest BCUT2D eigenvalue weighted by Gasteiger charge is 1.95. The minimum absolute atomic E-state index is 0.666. The van der Waals surface area contributed by atoms with Crippen LogP contribution in [0.3, 0.4) is 0 Å². The van der Waals surface area contributed by atoms with E-state index in [-0.39, 0.29) is 0 Å². The monoisotopic (exact) mass is 330 g/mol. The zero-order valence-corrected chi connectivity index (χ0v) is 10.7. The maximum atomic E-state index is 4.15. The quantitative estimate of drug-likeness (QED) is 0.659. The Kier molecular flexibility index (Phi) is 4.03.